The predicted octanol–water partition coefficient (Wildman–Crippen LogP) is 1.64. The number of aliphatic carboxylic acids is 1. The summed E-state index contributed by atoms with van der Waals surface area (Å²) in [4.78, 5) is 10.9. The maximum atomic E-state index is 10.9. The summed E-state index contributed by atoms with van der Waals surface area (Å²) < 4.78 is 5.43. The van der Waals surface area contributed by atoms with Crippen molar-refractivity contribution < 1.29 is 14.6 Å². The first-order valence-electron chi connectivity index (χ1n) is 6.17. The molecule has 1 fully saturated rings. The molecule has 0 aromatic heterocycles. The van der Waals surface area contributed by atoms with Gasteiger partial charge in [-0.05, 0) is 33.1 Å². The monoisotopic (exact) mass is 229 g/mol. The van der Waals surface area contributed by atoms with Gasteiger partial charge in [0.1, 0.15) is 0 Å². The molecule has 0 spiro atoms. The van der Waals surface area contributed by atoms with Gasteiger partial charge >= 0.3 is 5.97 Å². The largest absolute Gasteiger partial charge is 0.481 e. The average Bonchev–Trinajstić information content (AvgIpc) is 2.24. The molecule has 0 heterocycles. The van der Waals surface area contributed by atoms with E-state index >= 15 is 0 Å². The zero-order valence-corrected chi connectivity index (χ0v) is 10.2. The fourth-order valence-corrected chi connectivity index (χ4v) is 2.16. The van der Waals surface area contributed by atoms with Crippen LogP contribution in [0.25, 0.3) is 0 Å². The van der Waals surface area contributed by atoms with Gasteiger partial charge < -0.3 is 15.2 Å². The third-order valence-electron chi connectivity index (χ3n) is 3.01. The lowest BCUT2D eigenvalue weighted by atomic mass is 9.86. The van der Waals surface area contributed by atoms with Crippen LogP contribution in [0.3, 0.4) is 0 Å². The quantitative estimate of drug-likeness (QED) is 0.680. The van der Waals surface area contributed by atoms with Gasteiger partial charge in [-0.15, -0.1) is 0 Å². The first-order chi connectivity index (χ1) is 7.59. The summed E-state index contributed by atoms with van der Waals surface area (Å²) in [7, 11) is 0. The third kappa shape index (κ3) is 4.94. The van der Waals surface area contributed by atoms with Crippen LogP contribution in [0.5, 0.6) is 0 Å². The Morgan fingerprint density at radius 1 is 1.50 bits per heavy atom. The maximum Gasteiger partial charge on any atom is 0.306 e. The van der Waals surface area contributed by atoms with E-state index in [2.05, 4.69) is 5.32 Å². The third-order valence-corrected chi connectivity index (χ3v) is 3.01. The van der Waals surface area contributed by atoms with E-state index in [1.165, 1.54) is 0 Å². The SMILES string of the molecule is CC(C)OCCNC1CCCC(C(=O)O)C1. The number of carbonyl (C=O) groups is 1. The number of hydrogen-bond donors (Lipinski definition) is 2. The Balaban J connectivity index is 2.14. The highest BCUT2D eigenvalue weighted by atomic mass is 16.5. The smallest absolute Gasteiger partial charge is 0.306 e. The van der Waals surface area contributed by atoms with Crippen LogP contribution in [0.2, 0.25) is 0 Å². The summed E-state index contributed by atoms with van der Waals surface area (Å²) in [5.41, 5.74) is 0. The van der Waals surface area contributed by atoms with Crippen molar-refractivity contribution in [2.45, 2.75) is 51.7 Å². The predicted molar refractivity (Wildman–Crippen MR) is 62.5 cm³/mol. The second kappa shape index (κ2) is 6.86. The summed E-state index contributed by atoms with van der Waals surface area (Å²) in [6.07, 6.45) is 3.96. The lowest BCUT2D eigenvalue weighted by Crippen LogP contribution is -2.38. The van der Waals surface area contributed by atoms with Gasteiger partial charge in [0.25, 0.3) is 0 Å². The molecule has 16 heavy (non-hydrogen) atoms. The number of ether oxygens (including phenoxy) is 1. The molecule has 94 valence electrons. The molecule has 1 rings (SSSR count). The summed E-state index contributed by atoms with van der Waals surface area (Å²) >= 11 is 0. The van der Waals surface area contributed by atoms with E-state index < -0.39 is 5.97 Å². The Labute approximate surface area is 97.4 Å². The average molecular weight is 229 g/mol. The molecule has 2 atom stereocenters. The van der Waals surface area contributed by atoms with Crippen molar-refractivity contribution in [3.63, 3.8) is 0 Å². The molecule has 0 saturated heterocycles. The Morgan fingerprint density at radius 2 is 2.25 bits per heavy atom. The molecule has 0 bridgehead atoms. The zero-order valence-electron chi connectivity index (χ0n) is 10.2. The summed E-state index contributed by atoms with van der Waals surface area (Å²) in [5, 5.41) is 12.3. The molecule has 0 aromatic rings. The molecule has 4 heteroatoms. The minimum absolute atomic E-state index is 0.155. The molecule has 0 amide bonds. The van der Waals surface area contributed by atoms with Crippen LogP contribution < -0.4 is 5.32 Å². The van der Waals surface area contributed by atoms with E-state index in [1.54, 1.807) is 0 Å². The van der Waals surface area contributed by atoms with Gasteiger partial charge in [0.15, 0.2) is 0 Å². The molecule has 2 unspecified atom stereocenters. The zero-order chi connectivity index (χ0) is 12.0. The van der Waals surface area contributed by atoms with E-state index in [0.29, 0.717) is 12.6 Å². The van der Waals surface area contributed by atoms with Crippen LogP contribution in [0.15, 0.2) is 0 Å². The van der Waals surface area contributed by atoms with Crippen molar-refractivity contribution in [2.75, 3.05) is 13.2 Å². The molecular formula is C12H23NO3. The van der Waals surface area contributed by atoms with Gasteiger partial charge in [0, 0.05) is 12.6 Å². The number of rotatable bonds is 6. The van der Waals surface area contributed by atoms with Crippen molar-refractivity contribution >= 4 is 5.97 Å². The van der Waals surface area contributed by atoms with E-state index in [4.69, 9.17) is 9.84 Å². The van der Waals surface area contributed by atoms with E-state index in [-0.39, 0.29) is 12.0 Å². The number of carboxylic acids is 1. The van der Waals surface area contributed by atoms with Crippen molar-refractivity contribution in [2.24, 2.45) is 5.92 Å². The van der Waals surface area contributed by atoms with Crippen LogP contribution >= 0.6 is 0 Å². The Morgan fingerprint density at radius 3 is 2.88 bits per heavy atom. The minimum Gasteiger partial charge on any atom is -0.481 e. The molecule has 4 nitrogen and oxygen atoms in total. The maximum absolute atomic E-state index is 10.9. The molecule has 1 aliphatic rings. The Hall–Kier alpha value is -0.610. The molecule has 1 saturated carbocycles. The minimum atomic E-state index is -0.648. The Bertz CT molecular complexity index is 218. The summed E-state index contributed by atoms with van der Waals surface area (Å²) in [6, 6.07) is 0.352. The molecule has 0 aliphatic heterocycles. The fourth-order valence-electron chi connectivity index (χ4n) is 2.16. The van der Waals surface area contributed by atoms with E-state index in [1.807, 2.05) is 13.8 Å². The van der Waals surface area contributed by atoms with Crippen LogP contribution in [0, 0.1) is 5.92 Å². The second-order valence-electron chi connectivity index (χ2n) is 4.77. The molecular weight excluding hydrogens is 206 g/mol. The van der Waals surface area contributed by atoms with Gasteiger partial charge in [0.05, 0.1) is 18.6 Å². The van der Waals surface area contributed by atoms with Crippen molar-refractivity contribution in [1.82, 2.24) is 5.32 Å². The lowest BCUT2D eigenvalue weighted by molar-refractivity contribution is -0.143. The van der Waals surface area contributed by atoms with Gasteiger partial charge in [-0.3, -0.25) is 4.79 Å². The number of hydrogen-bond acceptors (Lipinski definition) is 3. The Kier molecular flexibility index (Phi) is 5.77. The molecule has 0 radical (unpaired) electrons. The van der Waals surface area contributed by atoms with Crippen LogP contribution in [-0.4, -0.2) is 36.4 Å². The van der Waals surface area contributed by atoms with Gasteiger partial charge in [-0.1, -0.05) is 6.42 Å². The molecule has 2 N–H and O–H groups in total. The van der Waals surface area contributed by atoms with E-state index in [9.17, 15) is 4.79 Å². The van der Waals surface area contributed by atoms with E-state index in [0.717, 1.165) is 32.2 Å². The first-order valence-corrected chi connectivity index (χ1v) is 6.17. The topological polar surface area (TPSA) is 58.6 Å². The first kappa shape index (κ1) is 13.5. The highest BCUT2D eigenvalue weighted by Gasteiger charge is 2.26. The van der Waals surface area contributed by atoms with Gasteiger partial charge in [-0.25, -0.2) is 0 Å². The summed E-state index contributed by atoms with van der Waals surface area (Å²) in [5.74, 6) is -0.804. The molecule has 1 aliphatic carbocycles. The number of carboxylic acid groups (broad SMARTS) is 1. The van der Waals surface area contributed by atoms with Crippen LogP contribution in [0.1, 0.15) is 39.5 Å². The highest BCUT2D eigenvalue weighted by Crippen LogP contribution is 2.24. The van der Waals surface area contributed by atoms with Gasteiger partial charge in [0.2, 0.25) is 0 Å². The van der Waals surface area contributed by atoms with Crippen molar-refractivity contribution in [3.8, 4) is 0 Å². The van der Waals surface area contributed by atoms with Crippen LogP contribution in [-0.2, 0) is 9.53 Å². The fraction of sp³-hybridized carbons (Fsp3) is 0.917. The lowest BCUT2D eigenvalue weighted by Gasteiger charge is -2.27. The highest BCUT2D eigenvalue weighted by molar-refractivity contribution is 5.70. The van der Waals surface area contributed by atoms with Crippen molar-refractivity contribution in [1.29, 1.82) is 0 Å². The second-order valence-corrected chi connectivity index (χ2v) is 4.77. The van der Waals surface area contributed by atoms with Gasteiger partial charge in [-0.2, -0.15) is 0 Å². The van der Waals surface area contributed by atoms with Crippen LogP contribution in [0.4, 0.5) is 0 Å². The normalized spacial score (nSPS) is 25.9. The van der Waals surface area contributed by atoms with Crippen molar-refractivity contribution in [3.05, 3.63) is 0 Å². The number of nitrogens with one attached hydrogen (secondary N) is 1. The summed E-state index contributed by atoms with van der Waals surface area (Å²) in [6.45, 7) is 5.54. The standard InChI is InChI=1S/C12H23NO3/c1-9(2)16-7-6-13-11-5-3-4-10(8-11)12(14)15/h9-11,13H,3-8H2,1-2H3,(H,14,15). The molecule has 0 aromatic carbocycles.